The van der Waals surface area contributed by atoms with E-state index in [1.54, 1.807) is 0 Å². The Kier molecular flexibility index (Phi) is 2.55. The van der Waals surface area contributed by atoms with E-state index in [4.69, 9.17) is 16.3 Å². The summed E-state index contributed by atoms with van der Waals surface area (Å²) in [6.07, 6.45) is 0.692. The number of aliphatic imine (C=N–C) groups is 1. The summed E-state index contributed by atoms with van der Waals surface area (Å²) in [5.41, 5.74) is 4.50. The molecular formula is C14H17ClN2O. The van der Waals surface area contributed by atoms with Crippen LogP contribution in [0.25, 0.3) is 0 Å². The highest BCUT2D eigenvalue weighted by Crippen LogP contribution is 2.45. The molecule has 0 aromatic carbocycles. The van der Waals surface area contributed by atoms with Crippen LogP contribution in [0, 0.1) is 0 Å². The van der Waals surface area contributed by atoms with Gasteiger partial charge < -0.3 is 4.74 Å². The molecular weight excluding hydrogens is 248 g/mol. The fourth-order valence-electron chi connectivity index (χ4n) is 2.91. The third-order valence-electron chi connectivity index (χ3n) is 3.69. The zero-order valence-corrected chi connectivity index (χ0v) is 11.9. The lowest BCUT2D eigenvalue weighted by Gasteiger charge is -2.22. The summed E-state index contributed by atoms with van der Waals surface area (Å²) in [6, 6.07) is 0. The molecule has 0 saturated carbocycles. The largest absolute Gasteiger partial charge is 0.366 e. The smallest absolute Gasteiger partial charge is 0.157 e. The number of fused-ring (bicyclic) bond motifs is 3. The maximum absolute atomic E-state index is 6.07. The Morgan fingerprint density at radius 2 is 2.00 bits per heavy atom. The molecule has 0 atom stereocenters. The average Bonchev–Trinajstić information content (AvgIpc) is 2.76. The van der Waals surface area contributed by atoms with Gasteiger partial charge in [0.1, 0.15) is 5.17 Å². The fourth-order valence-corrected chi connectivity index (χ4v) is 3.12. The standard InChI is InChI=1S/C14H17ClN2O/c1-7(2)12-9-6-18-14(3,4)11(9)8-5-10(15)16-13(8)17-12/h7H,5-6H2,1-4H3. The Labute approximate surface area is 112 Å². The summed E-state index contributed by atoms with van der Waals surface area (Å²) >= 11 is 6.07. The van der Waals surface area contributed by atoms with Crippen LogP contribution < -0.4 is 0 Å². The lowest BCUT2D eigenvalue weighted by molar-refractivity contribution is -0.00833. The van der Waals surface area contributed by atoms with Crippen LogP contribution >= 0.6 is 11.6 Å². The van der Waals surface area contributed by atoms with Crippen molar-refractivity contribution in [3.05, 3.63) is 22.4 Å². The molecule has 96 valence electrons. The summed E-state index contributed by atoms with van der Waals surface area (Å²) in [5, 5.41) is 0.628. The van der Waals surface area contributed by atoms with Gasteiger partial charge in [0.25, 0.3) is 0 Å². The highest BCUT2D eigenvalue weighted by molar-refractivity contribution is 6.66. The molecule has 0 spiro atoms. The lowest BCUT2D eigenvalue weighted by Crippen LogP contribution is -2.17. The van der Waals surface area contributed by atoms with Crippen molar-refractivity contribution in [3.63, 3.8) is 0 Å². The SMILES string of the molecule is CC(C)c1nc2c(c3c1COC3(C)C)CC(Cl)=N2. The van der Waals surface area contributed by atoms with Gasteiger partial charge in [0, 0.05) is 17.5 Å². The summed E-state index contributed by atoms with van der Waals surface area (Å²) < 4.78 is 5.93. The van der Waals surface area contributed by atoms with Crippen LogP contribution in [0.2, 0.25) is 0 Å². The number of pyridine rings is 1. The van der Waals surface area contributed by atoms with Gasteiger partial charge in [-0.1, -0.05) is 25.4 Å². The van der Waals surface area contributed by atoms with Gasteiger partial charge in [-0.3, -0.25) is 0 Å². The first-order valence-corrected chi connectivity index (χ1v) is 6.71. The molecule has 0 N–H and O–H groups in total. The van der Waals surface area contributed by atoms with Crippen molar-refractivity contribution >= 4 is 22.6 Å². The minimum atomic E-state index is -0.261. The summed E-state index contributed by atoms with van der Waals surface area (Å²) in [5.74, 6) is 1.16. The van der Waals surface area contributed by atoms with Crippen molar-refractivity contribution in [2.75, 3.05) is 0 Å². The minimum Gasteiger partial charge on any atom is -0.366 e. The van der Waals surface area contributed by atoms with Gasteiger partial charge in [0.05, 0.1) is 17.9 Å². The van der Waals surface area contributed by atoms with Crippen LogP contribution in [0.1, 0.15) is 56.0 Å². The number of ether oxygens (including phenoxy) is 1. The minimum absolute atomic E-state index is 0.261. The van der Waals surface area contributed by atoms with E-state index in [-0.39, 0.29) is 5.60 Å². The molecule has 4 heteroatoms. The summed E-state index contributed by atoms with van der Waals surface area (Å²) in [6.45, 7) is 9.17. The second kappa shape index (κ2) is 3.78. The molecule has 0 unspecified atom stereocenters. The molecule has 3 nitrogen and oxygen atoms in total. The Hall–Kier alpha value is -0.930. The molecule has 3 heterocycles. The molecule has 18 heavy (non-hydrogen) atoms. The van der Waals surface area contributed by atoms with Crippen molar-refractivity contribution in [1.82, 2.24) is 4.98 Å². The van der Waals surface area contributed by atoms with Crippen LogP contribution in [-0.2, 0) is 23.4 Å². The molecule has 0 amide bonds. The fraction of sp³-hybridized carbons (Fsp3) is 0.571. The van der Waals surface area contributed by atoms with Crippen LogP contribution in [-0.4, -0.2) is 10.2 Å². The molecule has 2 aliphatic heterocycles. The van der Waals surface area contributed by atoms with Crippen molar-refractivity contribution in [1.29, 1.82) is 0 Å². The van der Waals surface area contributed by atoms with E-state index in [1.165, 1.54) is 11.1 Å². The molecule has 2 aliphatic rings. The normalized spacial score (nSPS) is 20.0. The Morgan fingerprint density at radius 3 is 2.67 bits per heavy atom. The van der Waals surface area contributed by atoms with E-state index in [1.807, 2.05) is 0 Å². The van der Waals surface area contributed by atoms with Gasteiger partial charge in [0.15, 0.2) is 5.82 Å². The predicted octanol–water partition coefficient (Wildman–Crippen LogP) is 3.80. The van der Waals surface area contributed by atoms with Crippen molar-refractivity contribution in [2.45, 2.75) is 52.2 Å². The lowest BCUT2D eigenvalue weighted by atomic mass is 9.88. The zero-order chi connectivity index (χ0) is 13.1. The third-order valence-corrected chi connectivity index (χ3v) is 3.90. The molecule has 0 fully saturated rings. The van der Waals surface area contributed by atoms with Gasteiger partial charge in [0.2, 0.25) is 0 Å². The quantitative estimate of drug-likeness (QED) is 0.773. The Bertz CT molecular complexity index is 561. The van der Waals surface area contributed by atoms with Gasteiger partial charge in [-0.25, -0.2) is 9.98 Å². The van der Waals surface area contributed by atoms with Crippen LogP contribution in [0.4, 0.5) is 5.82 Å². The Balaban J connectivity index is 2.29. The Morgan fingerprint density at radius 1 is 1.28 bits per heavy atom. The zero-order valence-electron chi connectivity index (χ0n) is 11.2. The van der Waals surface area contributed by atoms with E-state index >= 15 is 0 Å². The van der Waals surface area contributed by atoms with Gasteiger partial charge in [-0.2, -0.15) is 0 Å². The molecule has 1 aromatic heterocycles. The van der Waals surface area contributed by atoms with Crippen LogP contribution in [0.3, 0.4) is 0 Å². The van der Waals surface area contributed by atoms with Gasteiger partial charge in [-0.05, 0) is 25.3 Å². The molecule has 0 aliphatic carbocycles. The second-order valence-electron chi connectivity index (χ2n) is 5.77. The third kappa shape index (κ3) is 1.61. The number of nitrogens with zero attached hydrogens (tertiary/aromatic N) is 2. The molecule has 3 rings (SSSR count). The highest BCUT2D eigenvalue weighted by Gasteiger charge is 2.38. The van der Waals surface area contributed by atoms with Crippen molar-refractivity contribution in [2.24, 2.45) is 4.99 Å². The number of hydrogen-bond acceptors (Lipinski definition) is 3. The van der Waals surface area contributed by atoms with Crippen LogP contribution in [0.15, 0.2) is 4.99 Å². The van der Waals surface area contributed by atoms with Gasteiger partial charge in [-0.15, -0.1) is 0 Å². The predicted molar refractivity (Wildman–Crippen MR) is 72.8 cm³/mol. The van der Waals surface area contributed by atoms with Crippen molar-refractivity contribution < 1.29 is 4.74 Å². The first-order chi connectivity index (χ1) is 8.40. The molecule has 0 saturated heterocycles. The van der Waals surface area contributed by atoms with Crippen LogP contribution in [0.5, 0.6) is 0 Å². The molecule has 0 radical (unpaired) electrons. The van der Waals surface area contributed by atoms with E-state index in [9.17, 15) is 0 Å². The monoisotopic (exact) mass is 264 g/mol. The first-order valence-electron chi connectivity index (χ1n) is 6.33. The topological polar surface area (TPSA) is 34.5 Å². The molecule has 0 bridgehead atoms. The first kappa shape index (κ1) is 12.1. The second-order valence-corrected chi connectivity index (χ2v) is 6.21. The highest BCUT2D eigenvalue weighted by atomic mass is 35.5. The summed E-state index contributed by atoms with van der Waals surface area (Å²) in [4.78, 5) is 9.04. The maximum Gasteiger partial charge on any atom is 0.157 e. The maximum atomic E-state index is 6.07. The number of rotatable bonds is 1. The van der Waals surface area contributed by atoms with Gasteiger partial charge >= 0.3 is 0 Å². The average molecular weight is 265 g/mol. The summed E-state index contributed by atoms with van der Waals surface area (Å²) in [7, 11) is 0. The van der Waals surface area contributed by atoms with Crippen molar-refractivity contribution in [3.8, 4) is 0 Å². The molecule has 1 aromatic rings. The van der Waals surface area contributed by atoms with E-state index in [2.05, 4.69) is 37.7 Å². The number of aromatic nitrogens is 1. The number of halogens is 1. The van der Waals surface area contributed by atoms with E-state index in [0.717, 1.165) is 17.1 Å². The number of hydrogen-bond donors (Lipinski definition) is 0. The van der Waals surface area contributed by atoms with E-state index in [0.29, 0.717) is 24.1 Å². The van der Waals surface area contributed by atoms with E-state index < -0.39 is 0 Å².